The first-order valence-corrected chi connectivity index (χ1v) is 13.1. The quantitative estimate of drug-likeness (QED) is 0.612. The second-order valence-corrected chi connectivity index (χ2v) is 11.0. The van der Waals surface area contributed by atoms with Crippen molar-refractivity contribution < 1.29 is 19.1 Å². The van der Waals surface area contributed by atoms with Crippen molar-refractivity contribution in [3.63, 3.8) is 0 Å². The van der Waals surface area contributed by atoms with Gasteiger partial charge in [-0.1, -0.05) is 57.9 Å². The fourth-order valence-electron chi connectivity index (χ4n) is 6.74. The minimum atomic E-state index is -1.10. The summed E-state index contributed by atoms with van der Waals surface area (Å²) in [5.41, 5.74) is 0.637. The van der Waals surface area contributed by atoms with Crippen LogP contribution in [-0.2, 0) is 19.1 Å². The van der Waals surface area contributed by atoms with Gasteiger partial charge in [-0.25, -0.2) is 0 Å². The van der Waals surface area contributed by atoms with Crippen LogP contribution >= 0.6 is 0 Å². The lowest BCUT2D eigenvalue weighted by Gasteiger charge is -2.38. The highest BCUT2D eigenvalue weighted by Gasteiger charge is 2.72. The number of aryl methyl sites for hydroxylation is 1. The summed E-state index contributed by atoms with van der Waals surface area (Å²) in [5.74, 6) is -1.01. The van der Waals surface area contributed by atoms with E-state index < -0.39 is 29.6 Å². The topological polar surface area (TPSA) is 87.7 Å². The number of carbonyl (C=O) groups is 3. The zero-order valence-electron chi connectivity index (χ0n) is 21.1. The Morgan fingerprint density at radius 2 is 2.00 bits per heavy atom. The first kappa shape index (κ1) is 24.0. The summed E-state index contributed by atoms with van der Waals surface area (Å²) in [6, 6.07) is 6.92. The first-order chi connectivity index (χ1) is 16.8. The Balaban J connectivity index is 1.42. The minimum Gasteiger partial charge on any atom is -0.359 e. The predicted octanol–water partition coefficient (Wildman–Crippen LogP) is 3.44. The van der Waals surface area contributed by atoms with Crippen LogP contribution in [0.15, 0.2) is 36.4 Å². The van der Waals surface area contributed by atoms with Crippen LogP contribution in [-0.4, -0.2) is 53.0 Å². The van der Waals surface area contributed by atoms with Crippen molar-refractivity contribution in [2.24, 2.45) is 23.7 Å². The normalized spacial score (nSPS) is 37.4. The van der Waals surface area contributed by atoms with Gasteiger partial charge in [-0.05, 0) is 49.3 Å². The standard InChI is InChI=1S/C28H37N3O4/c1-5-14-31-24(26(33)30-20-11-7-9-17(3)18(20)4)28-13-12-21(35-28)22(23(28)27(31)34)25(32)29-19-10-6-8-16(2)15-19/h6,8,10,12-13,15,17-18,20-24H,5,7,9,11,14H2,1-4H3,(H,29,32)(H,30,33). The van der Waals surface area contributed by atoms with E-state index in [-0.39, 0.29) is 23.8 Å². The summed E-state index contributed by atoms with van der Waals surface area (Å²) in [6.07, 6.45) is 7.17. The summed E-state index contributed by atoms with van der Waals surface area (Å²) in [6.45, 7) is 8.86. The molecule has 3 heterocycles. The van der Waals surface area contributed by atoms with Crippen LogP contribution in [0.4, 0.5) is 5.69 Å². The third kappa shape index (κ3) is 3.88. The SMILES string of the molecule is CCCN1C(=O)C2C(C(=O)Nc3cccc(C)c3)C3C=CC2(O3)C1C(=O)NC1CCCC(C)C1C. The molecule has 188 valence electrons. The van der Waals surface area contributed by atoms with E-state index in [9.17, 15) is 14.4 Å². The van der Waals surface area contributed by atoms with Gasteiger partial charge in [0.25, 0.3) is 0 Å². The van der Waals surface area contributed by atoms with E-state index >= 15 is 0 Å². The maximum atomic E-state index is 13.8. The van der Waals surface area contributed by atoms with Crippen LogP contribution in [0, 0.1) is 30.6 Å². The highest BCUT2D eigenvalue weighted by molar-refractivity contribution is 6.02. The van der Waals surface area contributed by atoms with Crippen molar-refractivity contribution in [1.82, 2.24) is 10.2 Å². The molecule has 1 aromatic carbocycles. The number of ether oxygens (including phenoxy) is 1. The number of fused-ring (bicyclic) bond motifs is 1. The highest BCUT2D eigenvalue weighted by Crippen LogP contribution is 2.55. The average molecular weight is 480 g/mol. The number of hydrogen-bond donors (Lipinski definition) is 2. The number of hydrogen-bond acceptors (Lipinski definition) is 4. The number of amides is 3. The van der Waals surface area contributed by atoms with Crippen LogP contribution in [0.3, 0.4) is 0 Å². The Morgan fingerprint density at radius 3 is 2.74 bits per heavy atom. The minimum absolute atomic E-state index is 0.0864. The Morgan fingerprint density at radius 1 is 1.20 bits per heavy atom. The first-order valence-electron chi connectivity index (χ1n) is 13.1. The molecule has 7 heteroatoms. The van der Waals surface area contributed by atoms with Crippen molar-refractivity contribution in [1.29, 1.82) is 0 Å². The maximum Gasteiger partial charge on any atom is 0.246 e. The van der Waals surface area contributed by atoms with E-state index in [0.29, 0.717) is 24.1 Å². The molecule has 5 rings (SSSR count). The molecule has 2 bridgehead atoms. The molecule has 1 aromatic rings. The van der Waals surface area contributed by atoms with Crippen LogP contribution in [0.25, 0.3) is 0 Å². The monoisotopic (exact) mass is 479 g/mol. The van der Waals surface area contributed by atoms with Gasteiger partial charge in [0.2, 0.25) is 17.7 Å². The largest absolute Gasteiger partial charge is 0.359 e. The Hall–Kier alpha value is -2.67. The molecule has 2 N–H and O–H groups in total. The zero-order valence-corrected chi connectivity index (χ0v) is 21.1. The molecule has 1 aliphatic carbocycles. The summed E-state index contributed by atoms with van der Waals surface area (Å²) in [4.78, 5) is 42.7. The summed E-state index contributed by atoms with van der Waals surface area (Å²) < 4.78 is 6.40. The lowest BCUT2D eigenvalue weighted by molar-refractivity contribution is -0.141. The number of nitrogens with one attached hydrogen (secondary N) is 2. The fourth-order valence-corrected chi connectivity index (χ4v) is 6.74. The predicted molar refractivity (Wildman–Crippen MR) is 133 cm³/mol. The average Bonchev–Trinajstić information content (AvgIpc) is 3.45. The number of anilines is 1. The lowest BCUT2D eigenvalue weighted by Crippen LogP contribution is -2.57. The maximum absolute atomic E-state index is 13.8. The van der Waals surface area contributed by atoms with Gasteiger partial charge in [-0.15, -0.1) is 0 Å². The molecule has 3 amide bonds. The van der Waals surface area contributed by atoms with Crippen molar-refractivity contribution in [3.05, 3.63) is 42.0 Å². The summed E-state index contributed by atoms with van der Waals surface area (Å²) >= 11 is 0. The van der Waals surface area contributed by atoms with Crippen LogP contribution in [0.1, 0.15) is 52.0 Å². The molecule has 35 heavy (non-hydrogen) atoms. The van der Waals surface area contributed by atoms with Crippen molar-refractivity contribution in [3.8, 4) is 0 Å². The second kappa shape index (κ2) is 9.08. The van der Waals surface area contributed by atoms with Crippen LogP contribution < -0.4 is 10.6 Å². The molecular formula is C28H37N3O4. The van der Waals surface area contributed by atoms with Gasteiger partial charge in [0.05, 0.1) is 17.9 Å². The second-order valence-electron chi connectivity index (χ2n) is 11.0. The van der Waals surface area contributed by atoms with Crippen LogP contribution in [0.5, 0.6) is 0 Å². The number of likely N-dealkylation sites (tertiary alicyclic amines) is 1. The van der Waals surface area contributed by atoms with Crippen molar-refractivity contribution in [2.75, 3.05) is 11.9 Å². The molecule has 8 atom stereocenters. The molecule has 3 aliphatic heterocycles. The molecule has 7 nitrogen and oxygen atoms in total. The molecule has 0 aromatic heterocycles. The van der Waals surface area contributed by atoms with E-state index in [4.69, 9.17) is 4.74 Å². The van der Waals surface area contributed by atoms with Gasteiger partial charge < -0.3 is 20.3 Å². The molecule has 3 fully saturated rings. The Labute approximate surface area is 207 Å². The number of nitrogens with zero attached hydrogens (tertiary/aromatic N) is 1. The number of rotatable bonds is 6. The fraction of sp³-hybridized carbons (Fsp3) is 0.607. The molecule has 1 saturated carbocycles. The summed E-state index contributed by atoms with van der Waals surface area (Å²) in [7, 11) is 0. The van der Waals surface area contributed by atoms with Gasteiger partial charge in [-0.2, -0.15) is 0 Å². The van der Waals surface area contributed by atoms with Gasteiger partial charge in [0.15, 0.2) is 0 Å². The van der Waals surface area contributed by atoms with Gasteiger partial charge in [0, 0.05) is 18.3 Å². The molecule has 1 spiro atoms. The Bertz CT molecular complexity index is 1050. The molecule has 0 radical (unpaired) electrons. The van der Waals surface area contributed by atoms with Crippen molar-refractivity contribution in [2.45, 2.75) is 77.2 Å². The highest BCUT2D eigenvalue weighted by atomic mass is 16.5. The number of carbonyl (C=O) groups excluding carboxylic acids is 3. The lowest BCUT2D eigenvalue weighted by atomic mass is 9.73. The third-order valence-electron chi connectivity index (χ3n) is 8.71. The van der Waals surface area contributed by atoms with E-state index in [2.05, 4.69) is 24.5 Å². The molecule has 8 unspecified atom stereocenters. The number of benzene rings is 1. The smallest absolute Gasteiger partial charge is 0.246 e. The van der Waals surface area contributed by atoms with E-state index in [1.165, 1.54) is 6.42 Å². The summed E-state index contributed by atoms with van der Waals surface area (Å²) in [5, 5.41) is 6.27. The van der Waals surface area contributed by atoms with Gasteiger partial charge in [-0.3, -0.25) is 14.4 Å². The zero-order chi connectivity index (χ0) is 24.9. The molecular weight excluding hydrogens is 442 g/mol. The molecule has 2 saturated heterocycles. The molecule has 4 aliphatic rings. The van der Waals surface area contributed by atoms with E-state index in [0.717, 1.165) is 24.8 Å². The van der Waals surface area contributed by atoms with Crippen molar-refractivity contribution >= 4 is 23.4 Å². The Kier molecular flexibility index (Phi) is 6.24. The van der Waals surface area contributed by atoms with Gasteiger partial charge >= 0.3 is 0 Å². The van der Waals surface area contributed by atoms with E-state index in [1.807, 2.05) is 50.3 Å². The third-order valence-corrected chi connectivity index (χ3v) is 8.71. The van der Waals surface area contributed by atoms with Crippen LogP contribution in [0.2, 0.25) is 0 Å². The van der Waals surface area contributed by atoms with Gasteiger partial charge in [0.1, 0.15) is 11.6 Å². The van der Waals surface area contributed by atoms with E-state index in [1.54, 1.807) is 4.90 Å².